The number of benzene rings is 2. The molecular weight excluding hydrogens is 476 g/mol. The van der Waals surface area contributed by atoms with Crippen molar-refractivity contribution in [3.05, 3.63) is 76.2 Å². The molecule has 0 aliphatic carbocycles. The number of carbonyl (C=O) groups is 2. The van der Waals surface area contributed by atoms with Crippen LogP contribution in [0, 0.1) is 0 Å². The monoisotopic (exact) mass is 498 g/mol. The van der Waals surface area contributed by atoms with Gasteiger partial charge < -0.3 is 23.7 Å². The van der Waals surface area contributed by atoms with Gasteiger partial charge >= 0.3 is 0 Å². The summed E-state index contributed by atoms with van der Waals surface area (Å²) in [6.07, 6.45) is 0. The summed E-state index contributed by atoms with van der Waals surface area (Å²) in [5.74, 6) is 1.02. The predicted molar refractivity (Wildman–Crippen MR) is 123 cm³/mol. The summed E-state index contributed by atoms with van der Waals surface area (Å²) in [6, 6.07) is 16.0. The largest absolute Gasteiger partial charge is 0.486 e. The van der Waals surface area contributed by atoms with Crippen molar-refractivity contribution < 1.29 is 23.5 Å². The molecule has 166 valence electrons. The first-order chi connectivity index (χ1) is 15.5. The maximum atomic E-state index is 13.5. The summed E-state index contributed by atoms with van der Waals surface area (Å²) in [7, 11) is 1.62. The van der Waals surface area contributed by atoms with E-state index in [0.29, 0.717) is 53.7 Å². The Balaban J connectivity index is 1.61. The van der Waals surface area contributed by atoms with E-state index in [1.807, 2.05) is 25.1 Å². The van der Waals surface area contributed by atoms with Gasteiger partial charge in [0, 0.05) is 25.7 Å². The molecular formula is C24H23BrN2O5. The average molecular weight is 499 g/mol. The van der Waals surface area contributed by atoms with Gasteiger partial charge in [-0.05, 0) is 53.2 Å². The zero-order valence-electron chi connectivity index (χ0n) is 17.8. The average Bonchev–Trinajstić information content (AvgIpc) is 3.27. The molecule has 0 bridgehead atoms. The van der Waals surface area contributed by atoms with Gasteiger partial charge in [0.15, 0.2) is 21.9 Å². The fourth-order valence-corrected chi connectivity index (χ4v) is 3.92. The number of furan rings is 1. The number of amides is 2. The molecule has 7 nitrogen and oxygen atoms in total. The Labute approximate surface area is 194 Å². The number of carbonyl (C=O) groups excluding carboxylic acids is 2. The number of anilines is 1. The highest BCUT2D eigenvalue weighted by atomic mass is 79.9. The minimum atomic E-state index is -0.346. The van der Waals surface area contributed by atoms with Crippen molar-refractivity contribution in [1.82, 2.24) is 4.90 Å². The second kappa shape index (κ2) is 9.48. The highest BCUT2D eigenvalue weighted by molar-refractivity contribution is 9.10. The van der Waals surface area contributed by atoms with E-state index in [1.165, 1.54) is 4.90 Å². The van der Waals surface area contributed by atoms with Crippen molar-refractivity contribution >= 4 is 33.4 Å². The Morgan fingerprint density at radius 2 is 1.75 bits per heavy atom. The number of hydrogen-bond donors (Lipinski definition) is 0. The topological polar surface area (TPSA) is 72.2 Å². The van der Waals surface area contributed by atoms with Crippen molar-refractivity contribution in [3.8, 4) is 11.5 Å². The van der Waals surface area contributed by atoms with E-state index in [2.05, 4.69) is 15.9 Å². The van der Waals surface area contributed by atoms with Gasteiger partial charge in [-0.2, -0.15) is 0 Å². The lowest BCUT2D eigenvalue weighted by Gasteiger charge is -2.27. The minimum Gasteiger partial charge on any atom is -0.486 e. The van der Waals surface area contributed by atoms with E-state index < -0.39 is 0 Å². The smallest absolute Gasteiger partial charge is 0.293 e. The van der Waals surface area contributed by atoms with E-state index in [0.717, 1.165) is 5.56 Å². The first-order valence-electron chi connectivity index (χ1n) is 10.3. The highest BCUT2D eigenvalue weighted by Crippen LogP contribution is 2.34. The molecule has 4 rings (SSSR count). The molecule has 1 aromatic heterocycles. The predicted octanol–water partition coefficient (Wildman–Crippen LogP) is 4.75. The fraction of sp³-hybridized carbons (Fsp3) is 0.250. The molecule has 2 aromatic carbocycles. The Kier molecular flexibility index (Phi) is 6.50. The summed E-state index contributed by atoms with van der Waals surface area (Å²) in [5.41, 5.74) is 1.81. The van der Waals surface area contributed by atoms with Crippen LogP contribution >= 0.6 is 15.9 Å². The van der Waals surface area contributed by atoms with Crippen LogP contribution in [-0.4, -0.2) is 43.5 Å². The Hall–Kier alpha value is -3.26. The van der Waals surface area contributed by atoms with Crippen LogP contribution in [0.15, 0.2) is 63.7 Å². The zero-order valence-corrected chi connectivity index (χ0v) is 19.4. The molecule has 0 atom stereocenters. The van der Waals surface area contributed by atoms with Gasteiger partial charge in [0.2, 0.25) is 0 Å². The van der Waals surface area contributed by atoms with Crippen LogP contribution in [0.5, 0.6) is 11.5 Å². The van der Waals surface area contributed by atoms with Crippen LogP contribution in [0.4, 0.5) is 5.69 Å². The number of para-hydroxylation sites is 2. The summed E-state index contributed by atoms with van der Waals surface area (Å²) in [4.78, 5) is 29.5. The van der Waals surface area contributed by atoms with E-state index in [-0.39, 0.29) is 17.6 Å². The van der Waals surface area contributed by atoms with Crippen LogP contribution in [-0.2, 0) is 6.54 Å². The quantitative estimate of drug-likeness (QED) is 0.490. The van der Waals surface area contributed by atoms with E-state index in [1.54, 1.807) is 48.3 Å². The van der Waals surface area contributed by atoms with Crippen molar-refractivity contribution in [2.45, 2.75) is 13.5 Å². The molecule has 1 aliphatic heterocycles. The van der Waals surface area contributed by atoms with Gasteiger partial charge in [-0.3, -0.25) is 9.59 Å². The third-order valence-electron chi connectivity index (χ3n) is 5.26. The Bertz CT molecular complexity index is 1140. The first kappa shape index (κ1) is 22.0. The summed E-state index contributed by atoms with van der Waals surface area (Å²) in [6.45, 7) is 3.75. The number of fused-ring (bicyclic) bond motifs is 1. The van der Waals surface area contributed by atoms with Crippen LogP contribution in [0.2, 0.25) is 0 Å². The Morgan fingerprint density at radius 1 is 0.969 bits per heavy atom. The van der Waals surface area contributed by atoms with Gasteiger partial charge in [0.1, 0.15) is 13.2 Å². The third kappa shape index (κ3) is 4.36. The van der Waals surface area contributed by atoms with E-state index in [9.17, 15) is 9.59 Å². The van der Waals surface area contributed by atoms with E-state index in [4.69, 9.17) is 13.9 Å². The molecule has 0 saturated heterocycles. The van der Waals surface area contributed by atoms with Crippen LogP contribution < -0.4 is 14.4 Å². The molecule has 2 amide bonds. The number of nitrogens with zero attached hydrogens (tertiary/aromatic N) is 2. The van der Waals surface area contributed by atoms with Crippen molar-refractivity contribution in [2.24, 2.45) is 0 Å². The summed E-state index contributed by atoms with van der Waals surface area (Å²) < 4.78 is 17.3. The molecule has 0 radical (unpaired) electrons. The molecule has 0 spiro atoms. The molecule has 0 saturated carbocycles. The molecule has 0 unspecified atom stereocenters. The lowest BCUT2D eigenvalue weighted by atomic mass is 10.1. The molecule has 0 N–H and O–H groups in total. The zero-order chi connectivity index (χ0) is 22.7. The van der Waals surface area contributed by atoms with Gasteiger partial charge in [0.05, 0.1) is 11.3 Å². The van der Waals surface area contributed by atoms with Gasteiger partial charge in [-0.15, -0.1) is 0 Å². The fourth-order valence-electron chi connectivity index (χ4n) is 3.61. The second-order valence-corrected chi connectivity index (χ2v) is 8.03. The van der Waals surface area contributed by atoms with Gasteiger partial charge in [0.25, 0.3) is 11.8 Å². The Morgan fingerprint density at radius 3 is 2.50 bits per heavy atom. The van der Waals surface area contributed by atoms with E-state index >= 15 is 0 Å². The third-order valence-corrected chi connectivity index (χ3v) is 5.69. The van der Waals surface area contributed by atoms with Crippen LogP contribution in [0.3, 0.4) is 0 Å². The van der Waals surface area contributed by atoms with Crippen LogP contribution in [0.1, 0.15) is 33.4 Å². The molecule has 32 heavy (non-hydrogen) atoms. The molecule has 0 fully saturated rings. The SMILES string of the molecule is CCN(Cc1cccc2c1OCCO2)C(=O)c1ccccc1N(C)C(=O)c1ccc(Br)o1. The summed E-state index contributed by atoms with van der Waals surface area (Å²) in [5, 5.41) is 0. The first-order valence-corrected chi connectivity index (χ1v) is 11.1. The maximum absolute atomic E-state index is 13.5. The number of rotatable bonds is 6. The maximum Gasteiger partial charge on any atom is 0.293 e. The van der Waals surface area contributed by atoms with Crippen LogP contribution in [0.25, 0.3) is 0 Å². The minimum absolute atomic E-state index is 0.182. The lowest BCUT2D eigenvalue weighted by molar-refractivity contribution is 0.0750. The van der Waals surface area contributed by atoms with Crippen molar-refractivity contribution in [1.29, 1.82) is 0 Å². The second-order valence-electron chi connectivity index (χ2n) is 7.25. The number of ether oxygens (including phenoxy) is 2. The number of hydrogen-bond acceptors (Lipinski definition) is 5. The summed E-state index contributed by atoms with van der Waals surface area (Å²) >= 11 is 3.21. The van der Waals surface area contributed by atoms with Gasteiger partial charge in [-0.1, -0.05) is 24.3 Å². The molecule has 1 aliphatic rings. The lowest BCUT2D eigenvalue weighted by Crippen LogP contribution is -2.33. The standard InChI is InChI=1S/C24H23BrN2O5/c1-3-27(15-16-7-6-10-19-22(16)31-14-13-30-19)23(28)17-8-4-5-9-18(17)26(2)24(29)20-11-12-21(25)32-20/h4-12H,3,13-15H2,1-2H3. The molecule has 2 heterocycles. The normalized spacial score (nSPS) is 12.3. The molecule has 8 heteroatoms. The highest BCUT2D eigenvalue weighted by Gasteiger charge is 2.25. The molecule has 3 aromatic rings. The number of halogens is 1. The van der Waals surface area contributed by atoms with Crippen molar-refractivity contribution in [2.75, 3.05) is 31.7 Å². The van der Waals surface area contributed by atoms with Crippen molar-refractivity contribution in [3.63, 3.8) is 0 Å². The van der Waals surface area contributed by atoms with Gasteiger partial charge in [-0.25, -0.2) is 0 Å².